The van der Waals surface area contributed by atoms with Crippen molar-refractivity contribution in [1.29, 1.82) is 0 Å². The Balaban J connectivity index is 1.94. The molecule has 10 heteroatoms. The fourth-order valence-electron chi connectivity index (χ4n) is 4.08. The van der Waals surface area contributed by atoms with E-state index in [0.717, 1.165) is 42.8 Å². The molecular weight excluding hydrogens is 442 g/mol. The van der Waals surface area contributed by atoms with Crippen LogP contribution in [0.2, 0.25) is 0 Å². The number of rotatable bonds is 10. The van der Waals surface area contributed by atoms with E-state index in [1.165, 1.54) is 4.90 Å². The Labute approximate surface area is 197 Å². The van der Waals surface area contributed by atoms with E-state index in [9.17, 15) is 14.4 Å². The molecule has 1 fully saturated rings. The first kappa shape index (κ1) is 24.5. The van der Waals surface area contributed by atoms with Gasteiger partial charge in [0, 0.05) is 12.6 Å². The van der Waals surface area contributed by atoms with E-state index in [-0.39, 0.29) is 34.8 Å². The predicted molar refractivity (Wildman–Crippen MR) is 127 cm³/mol. The molecule has 0 aliphatic heterocycles. The second kappa shape index (κ2) is 11.1. The molecule has 1 aromatic carbocycles. The highest BCUT2D eigenvalue weighted by molar-refractivity contribution is 7.09. The van der Waals surface area contributed by atoms with Gasteiger partial charge >= 0.3 is 0 Å². The molecule has 1 aliphatic rings. The highest BCUT2D eigenvalue weighted by atomic mass is 32.1. The summed E-state index contributed by atoms with van der Waals surface area (Å²) in [7, 11) is 1.58. The number of hydrogen-bond donors (Lipinski definition) is 3. The second-order valence-electron chi connectivity index (χ2n) is 8.21. The largest absolute Gasteiger partial charge is 0.497 e. The number of hydrogen-bond acceptors (Lipinski definition) is 7. The predicted octanol–water partition coefficient (Wildman–Crippen LogP) is 2.70. The molecule has 0 bridgehead atoms. The van der Waals surface area contributed by atoms with Crippen molar-refractivity contribution in [3.05, 3.63) is 40.4 Å². The molecule has 1 saturated carbocycles. The Bertz CT molecular complexity index is 985. The average molecular weight is 474 g/mol. The van der Waals surface area contributed by atoms with Crippen molar-refractivity contribution in [2.45, 2.75) is 64.1 Å². The molecule has 1 aliphatic carbocycles. The first-order chi connectivity index (χ1) is 15.8. The zero-order chi connectivity index (χ0) is 24.0. The number of anilines is 1. The van der Waals surface area contributed by atoms with Crippen molar-refractivity contribution in [1.82, 2.24) is 14.6 Å². The van der Waals surface area contributed by atoms with Gasteiger partial charge in [0.2, 0.25) is 5.91 Å². The summed E-state index contributed by atoms with van der Waals surface area (Å²) >= 11 is 0.819. The highest BCUT2D eigenvalue weighted by Gasteiger charge is 2.34. The number of methoxy groups -OCH3 is 1. The summed E-state index contributed by atoms with van der Waals surface area (Å²) in [5.41, 5.74) is 12.0. The Hall–Kier alpha value is -3.14. The third-order valence-corrected chi connectivity index (χ3v) is 6.72. The third-order valence-electron chi connectivity index (χ3n) is 5.87. The van der Waals surface area contributed by atoms with Crippen LogP contribution in [0, 0.1) is 0 Å². The van der Waals surface area contributed by atoms with E-state index in [4.69, 9.17) is 16.2 Å². The van der Waals surface area contributed by atoms with Crippen molar-refractivity contribution < 1.29 is 19.1 Å². The first-order valence-electron chi connectivity index (χ1n) is 11.1. The van der Waals surface area contributed by atoms with Crippen LogP contribution in [0.4, 0.5) is 5.69 Å². The lowest BCUT2D eigenvalue weighted by Gasteiger charge is -2.31. The van der Waals surface area contributed by atoms with Gasteiger partial charge in [0.05, 0.1) is 12.8 Å². The fourth-order valence-corrected chi connectivity index (χ4v) is 4.84. The normalized spacial score (nSPS) is 14.6. The van der Waals surface area contributed by atoms with E-state index in [1.54, 1.807) is 19.2 Å². The van der Waals surface area contributed by atoms with Gasteiger partial charge < -0.3 is 26.4 Å². The Morgan fingerprint density at radius 1 is 1.24 bits per heavy atom. The molecule has 3 amide bonds. The van der Waals surface area contributed by atoms with Crippen LogP contribution in [-0.4, -0.2) is 46.2 Å². The van der Waals surface area contributed by atoms with E-state index < -0.39 is 17.9 Å². The van der Waals surface area contributed by atoms with Crippen LogP contribution in [0.15, 0.2) is 24.3 Å². The number of aromatic nitrogens is 1. The summed E-state index contributed by atoms with van der Waals surface area (Å²) in [5.74, 6) is -0.732. The molecule has 3 rings (SSSR count). The molecule has 9 nitrogen and oxygen atoms in total. The Kier molecular flexibility index (Phi) is 8.26. The van der Waals surface area contributed by atoms with Gasteiger partial charge in [-0.25, -0.2) is 0 Å². The standard InChI is InChI=1S/C23H31N5O4S/c1-3-6-17(22(30)26-15-7-4-5-8-15)28(13-14-9-11-16(32-2)12-10-14)23(31)20-18(24)19(21(25)29)27-33-20/h9-12,15,17H,3-8,13,24H2,1-2H3,(H2,25,29)(H,26,30)/t17-/m1/s1. The summed E-state index contributed by atoms with van der Waals surface area (Å²) in [6.45, 7) is 2.16. The molecule has 0 unspecified atom stereocenters. The minimum absolute atomic E-state index is 0.0521. The Morgan fingerprint density at radius 3 is 2.45 bits per heavy atom. The number of carbonyl (C=O) groups is 3. The molecule has 178 valence electrons. The number of nitrogen functional groups attached to an aromatic ring is 1. The van der Waals surface area contributed by atoms with Gasteiger partial charge in [0.1, 0.15) is 16.7 Å². The molecule has 1 atom stereocenters. The van der Waals surface area contributed by atoms with Crippen LogP contribution in [0.5, 0.6) is 5.75 Å². The minimum Gasteiger partial charge on any atom is -0.497 e. The molecule has 1 heterocycles. The number of amides is 3. The van der Waals surface area contributed by atoms with E-state index in [0.29, 0.717) is 18.6 Å². The number of nitrogens with two attached hydrogens (primary N) is 2. The maximum atomic E-state index is 13.6. The average Bonchev–Trinajstić information content (AvgIpc) is 3.45. The van der Waals surface area contributed by atoms with Crippen LogP contribution in [0.25, 0.3) is 0 Å². The number of primary amides is 1. The topological polar surface area (TPSA) is 141 Å². The zero-order valence-electron chi connectivity index (χ0n) is 19.0. The van der Waals surface area contributed by atoms with E-state index >= 15 is 0 Å². The summed E-state index contributed by atoms with van der Waals surface area (Å²) in [5, 5.41) is 3.12. The molecular formula is C23H31N5O4S. The van der Waals surface area contributed by atoms with Gasteiger partial charge in [0.15, 0.2) is 5.69 Å². The monoisotopic (exact) mass is 473 g/mol. The van der Waals surface area contributed by atoms with Crippen LogP contribution in [0.3, 0.4) is 0 Å². The van der Waals surface area contributed by atoms with Crippen molar-refractivity contribution in [3.8, 4) is 5.75 Å². The second-order valence-corrected chi connectivity index (χ2v) is 8.99. The number of ether oxygens (including phenoxy) is 1. The summed E-state index contributed by atoms with van der Waals surface area (Å²) in [6, 6.07) is 6.74. The summed E-state index contributed by atoms with van der Waals surface area (Å²) in [6.07, 6.45) is 5.26. The lowest BCUT2D eigenvalue weighted by molar-refractivity contribution is -0.126. The fraction of sp³-hybridized carbons (Fsp3) is 0.478. The quantitative estimate of drug-likeness (QED) is 0.484. The summed E-state index contributed by atoms with van der Waals surface area (Å²) in [4.78, 5) is 40.2. The number of nitrogens with zero attached hydrogens (tertiary/aromatic N) is 2. The smallest absolute Gasteiger partial charge is 0.270 e. The maximum absolute atomic E-state index is 13.6. The molecule has 2 aromatic rings. The van der Waals surface area contributed by atoms with Crippen LogP contribution in [-0.2, 0) is 11.3 Å². The van der Waals surface area contributed by atoms with Gasteiger partial charge in [-0.15, -0.1) is 0 Å². The number of nitrogens with one attached hydrogen (secondary N) is 1. The number of benzene rings is 1. The molecule has 0 spiro atoms. The van der Waals surface area contributed by atoms with E-state index in [2.05, 4.69) is 9.69 Å². The van der Waals surface area contributed by atoms with Crippen molar-refractivity contribution in [3.63, 3.8) is 0 Å². The molecule has 1 aromatic heterocycles. The van der Waals surface area contributed by atoms with E-state index in [1.807, 2.05) is 19.1 Å². The Morgan fingerprint density at radius 2 is 1.91 bits per heavy atom. The zero-order valence-corrected chi connectivity index (χ0v) is 19.8. The molecule has 33 heavy (non-hydrogen) atoms. The first-order valence-corrected chi connectivity index (χ1v) is 11.9. The molecule has 5 N–H and O–H groups in total. The van der Waals surface area contributed by atoms with Crippen LogP contribution in [0.1, 0.15) is 71.2 Å². The van der Waals surface area contributed by atoms with Crippen molar-refractivity contribution in [2.75, 3.05) is 12.8 Å². The highest BCUT2D eigenvalue weighted by Crippen LogP contribution is 2.27. The lowest BCUT2D eigenvalue weighted by atomic mass is 10.1. The maximum Gasteiger partial charge on any atom is 0.270 e. The molecule has 0 radical (unpaired) electrons. The third kappa shape index (κ3) is 5.81. The SMILES string of the molecule is CCC[C@H](C(=O)NC1CCCC1)N(Cc1ccc(OC)cc1)C(=O)c1snc(C(N)=O)c1N. The van der Waals surface area contributed by atoms with Crippen molar-refractivity contribution >= 4 is 34.9 Å². The lowest BCUT2D eigenvalue weighted by Crippen LogP contribution is -2.51. The van der Waals surface area contributed by atoms with Crippen LogP contribution >= 0.6 is 11.5 Å². The summed E-state index contributed by atoms with van der Waals surface area (Å²) < 4.78 is 9.18. The van der Waals surface area contributed by atoms with Crippen LogP contribution < -0.4 is 21.5 Å². The van der Waals surface area contributed by atoms with Crippen molar-refractivity contribution in [2.24, 2.45) is 5.73 Å². The van der Waals surface area contributed by atoms with Gasteiger partial charge in [-0.3, -0.25) is 14.4 Å². The van der Waals surface area contributed by atoms with Gasteiger partial charge in [-0.1, -0.05) is 38.3 Å². The minimum atomic E-state index is -0.798. The van der Waals surface area contributed by atoms with Gasteiger partial charge in [-0.2, -0.15) is 4.37 Å². The molecule has 0 saturated heterocycles. The van der Waals surface area contributed by atoms with Gasteiger partial charge in [-0.05, 0) is 48.5 Å². The van der Waals surface area contributed by atoms with Gasteiger partial charge in [0.25, 0.3) is 11.8 Å². The number of carbonyl (C=O) groups excluding carboxylic acids is 3.